The predicted octanol–water partition coefficient (Wildman–Crippen LogP) is 1.71. The Balaban J connectivity index is 2.23. The van der Waals surface area contributed by atoms with E-state index in [0.29, 0.717) is 0 Å². The summed E-state index contributed by atoms with van der Waals surface area (Å²) in [6.45, 7) is 2.05. The Labute approximate surface area is 98.0 Å². The summed E-state index contributed by atoms with van der Waals surface area (Å²) < 4.78 is 1.90. The average molecular weight is 225 g/mol. The zero-order valence-electron chi connectivity index (χ0n) is 9.33. The Hall–Kier alpha value is -2.43. The highest BCUT2D eigenvalue weighted by molar-refractivity contribution is 5.73. The Morgan fingerprint density at radius 3 is 2.65 bits per heavy atom. The number of aromatic nitrogens is 4. The van der Waals surface area contributed by atoms with Gasteiger partial charge in [0.25, 0.3) is 0 Å². The summed E-state index contributed by atoms with van der Waals surface area (Å²) in [7, 11) is 0. The van der Waals surface area contributed by atoms with Gasteiger partial charge in [0.15, 0.2) is 5.65 Å². The maximum Gasteiger partial charge on any atom is 0.222 e. The Kier molecular flexibility index (Phi) is 2.04. The number of nitrogens with two attached hydrogens (primary N) is 1. The first kappa shape index (κ1) is 9.77. The first-order valence-electron chi connectivity index (χ1n) is 5.26. The molecule has 2 aromatic heterocycles. The van der Waals surface area contributed by atoms with E-state index >= 15 is 0 Å². The van der Waals surface area contributed by atoms with Gasteiger partial charge in [-0.05, 0) is 19.1 Å². The molecule has 0 aliphatic heterocycles. The molecule has 0 saturated heterocycles. The smallest absolute Gasteiger partial charge is 0.222 e. The van der Waals surface area contributed by atoms with E-state index < -0.39 is 0 Å². The molecule has 5 heteroatoms. The molecule has 3 rings (SSSR count). The van der Waals surface area contributed by atoms with Crippen LogP contribution >= 0.6 is 0 Å². The average Bonchev–Trinajstić information content (AvgIpc) is 2.73. The van der Waals surface area contributed by atoms with Crippen LogP contribution in [0.2, 0.25) is 0 Å². The lowest BCUT2D eigenvalue weighted by Gasteiger charge is -2.03. The molecule has 0 amide bonds. The van der Waals surface area contributed by atoms with Gasteiger partial charge in [-0.2, -0.15) is 4.98 Å². The topological polar surface area (TPSA) is 69.6 Å². The number of rotatable bonds is 1. The van der Waals surface area contributed by atoms with Gasteiger partial charge < -0.3 is 5.73 Å². The van der Waals surface area contributed by atoms with Crippen LogP contribution in [0.15, 0.2) is 36.8 Å². The van der Waals surface area contributed by atoms with Crippen molar-refractivity contribution in [3.8, 4) is 5.69 Å². The van der Waals surface area contributed by atoms with Gasteiger partial charge in [0.05, 0.1) is 6.20 Å². The van der Waals surface area contributed by atoms with Crippen molar-refractivity contribution in [1.29, 1.82) is 0 Å². The van der Waals surface area contributed by atoms with E-state index in [0.717, 1.165) is 16.9 Å². The fourth-order valence-electron chi connectivity index (χ4n) is 1.72. The summed E-state index contributed by atoms with van der Waals surface area (Å²) in [5.74, 6) is 0.256. The van der Waals surface area contributed by atoms with E-state index in [2.05, 4.69) is 21.9 Å². The highest BCUT2D eigenvalue weighted by Gasteiger charge is 2.06. The number of hydrogen-bond acceptors (Lipinski definition) is 4. The van der Waals surface area contributed by atoms with Crippen LogP contribution in [-0.4, -0.2) is 19.5 Å². The second kappa shape index (κ2) is 3.55. The van der Waals surface area contributed by atoms with Gasteiger partial charge >= 0.3 is 0 Å². The van der Waals surface area contributed by atoms with Crippen LogP contribution in [0.3, 0.4) is 0 Å². The van der Waals surface area contributed by atoms with Crippen LogP contribution in [-0.2, 0) is 0 Å². The van der Waals surface area contributed by atoms with Crippen LogP contribution in [0.4, 0.5) is 5.95 Å². The first-order chi connectivity index (χ1) is 8.24. The van der Waals surface area contributed by atoms with Gasteiger partial charge in [0, 0.05) is 5.69 Å². The molecule has 0 saturated carbocycles. The fraction of sp³-hybridized carbons (Fsp3) is 0.0833. The van der Waals surface area contributed by atoms with E-state index in [1.807, 2.05) is 28.8 Å². The van der Waals surface area contributed by atoms with Gasteiger partial charge in [-0.25, -0.2) is 9.97 Å². The van der Waals surface area contributed by atoms with E-state index in [9.17, 15) is 0 Å². The molecule has 0 aliphatic carbocycles. The predicted molar refractivity (Wildman–Crippen MR) is 65.8 cm³/mol. The van der Waals surface area contributed by atoms with Crippen molar-refractivity contribution in [3.63, 3.8) is 0 Å². The third-order valence-corrected chi connectivity index (χ3v) is 2.62. The molecular formula is C12H11N5. The minimum Gasteiger partial charge on any atom is -0.368 e. The van der Waals surface area contributed by atoms with Crippen molar-refractivity contribution in [2.24, 2.45) is 0 Å². The number of nitrogen functional groups attached to an aromatic ring is 1. The minimum atomic E-state index is 0.256. The molecule has 0 atom stereocenters. The van der Waals surface area contributed by atoms with Gasteiger partial charge in [-0.1, -0.05) is 17.7 Å². The molecule has 84 valence electrons. The number of aryl methyl sites for hydroxylation is 1. The molecule has 2 heterocycles. The molecule has 0 aliphatic rings. The van der Waals surface area contributed by atoms with E-state index in [4.69, 9.17) is 5.73 Å². The molecule has 2 N–H and O–H groups in total. The van der Waals surface area contributed by atoms with E-state index in [1.54, 1.807) is 12.5 Å². The van der Waals surface area contributed by atoms with Crippen LogP contribution < -0.4 is 5.73 Å². The third-order valence-electron chi connectivity index (χ3n) is 2.62. The monoisotopic (exact) mass is 225 g/mol. The second-order valence-electron chi connectivity index (χ2n) is 3.89. The SMILES string of the molecule is Cc1ccc(-n2cnc3cnc(N)nc32)cc1. The number of anilines is 1. The number of fused-ring (bicyclic) bond motifs is 1. The lowest BCUT2D eigenvalue weighted by Crippen LogP contribution is -1.98. The molecule has 1 aromatic carbocycles. The van der Waals surface area contributed by atoms with Crippen molar-refractivity contribution >= 4 is 17.1 Å². The summed E-state index contributed by atoms with van der Waals surface area (Å²) in [6.07, 6.45) is 3.35. The Bertz CT molecular complexity index is 669. The van der Waals surface area contributed by atoms with Crippen molar-refractivity contribution in [2.45, 2.75) is 6.92 Å². The van der Waals surface area contributed by atoms with E-state index in [-0.39, 0.29) is 5.95 Å². The number of hydrogen-bond donors (Lipinski definition) is 1. The second-order valence-corrected chi connectivity index (χ2v) is 3.89. The molecule has 0 unspecified atom stereocenters. The molecule has 5 nitrogen and oxygen atoms in total. The summed E-state index contributed by atoms with van der Waals surface area (Å²) in [6, 6.07) is 8.14. The maximum atomic E-state index is 5.59. The highest BCUT2D eigenvalue weighted by Crippen LogP contribution is 2.16. The molecule has 0 radical (unpaired) electrons. The van der Waals surface area contributed by atoms with Gasteiger partial charge in [-0.15, -0.1) is 0 Å². The van der Waals surface area contributed by atoms with Crippen LogP contribution in [0.1, 0.15) is 5.56 Å². The lowest BCUT2D eigenvalue weighted by molar-refractivity contribution is 1.06. The van der Waals surface area contributed by atoms with Crippen LogP contribution in [0.25, 0.3) is 16.9 Å². The van der Waals surface area contributed by atoms with Crippen LogP contribution in [0.5, 0.6) is 0 Å². The zero-order chi connectivity index (χ0) is 11.8. The van der Waals surface area contributed by atoms with Crippen molar-refractivity contribution in [1.82, 2.24) is 19.5 Å². The normalized spacial score (nSPS) is 10.9. The summed E-state index contributed by atoms with van der Waals surface area (Å²) in [5.41, 5.74) is 9.28. The zero-order valence-corrected chi connectivity index (χ0v) is 9.33. The number of benzene rings is 1. The number of imidazole rings is 1. The van der Waals surface area contributed by atoms with Crippen molar-refractivity contribution in [3.05, 3.63) is 42.4 Å². The molecule has 0 spiro atoms. The van der Waals surface area contributed by atoms with Crippen molar-refractivity contribution < 1.29 is 0 Å². The Morgan fingerprint density at radius 2 is 1.88 bits per heavy atom. The highest BCUT2D eigenvalue weighted by atomic mass is 15.1. The molecule has 3 aromatic rings. The summed E-state index contributed by atoms with van der Waals surface area (Å²) >= 11 is 0. The fourth-order valence-corrected chi connectivity index (χ4v) is 1.72. The van der Waals surface area contributed by atoms with Crippen molar-refractivity contribution in [2.75, 3.05) is 5.73 Å². The molecular weight excluding hydrogens is 214 g/mol. The van der Waals surface area contributed by atoms with Gasteiger partial charge in [0.1, 0.15) is 11.8 Å². The standard InChI is InChI=1S/C12H11N5/c1-8-2-4-9(5-3-8)17-7-15-10-6-14-12(13)16-11(10)17/h2-7H,1H3,(H2,13,14,16). The quantitative estimate of drug-likeness (QED) is 0.684. The summed E-state index contributed by atoms with van der Waals surface area (Å²) in [5, 5.41) is 0. The maximum absolute atomic E-state index is 5.59. The molecule has 0 fully saturated rings. The lowest BCUT2D eigenvalue weighted by atomic mass is 10.2. The largest absolute Gasteiger partial charge is 0.368 e. The van der Waals surface area contributed by atoms with E-state index in [1.165, 1.54) is 5.56 Å². The Morgan fingerprint density at radius 1 is 1.12 bits per heavy atom. The number of nitrogens with zero attached hydrogens (tertiary/aromatic N) is 4. The first-order valence-corrected chi connectivity index (χ1v) is 5.26. The molecule has 0 bridgehead atoms. The summed E-state index contributed by atoms with van der Waals surface area (Å²) in [4.78, 5) is 12.4. The third kappa shape index (κ3) is 1.61. The van der Waals surface area contributed by atoms with Gasteiger partial charge in [-0.3, -0.25) is 4.57 Å². The minimum absolute atomic E-state index is 0.256. The van der Waals surface area contributed by atoms with Crippen LogP contribution in [0, 0.1) is 6.92 Å². The molecule has 17 heavy (non-hydrogen) atoms. The van der Waals surface area contributed by atoms with Gasteiger partial charge in [0.2, 0.25) is 5.95 Å².